The van der Waals surface area contributed by atoms with Gasteiger partial charge in [0.15, 0.2) is 5.13 Å². The standard InChI is InChI=1S/C19H20N4O3S3/c1-8-10(3)28-17-13(8)16(22-15(23-17)11-5-6-11)27-7-12(24)21-19-20-9(2)14(29-19)18(25)26-4/h11H,5-7H2,1-4H3,(H,20,21,24). The van der Waals surface area contributed by atoms with Gasteiger partial charge in [-0.15, -0.1) is 11.3 Å². The van der Waals surface area contributed by atoms with Crippen molar-refractivity contribution in [3.63, 3.8) is 0 Å². The molecular weight excluding hydrogens is 428 g/mol. The van der Waals surface area contributed by atoms with E-state index in [1.165, 1.54) is 29.3 Å². The van der Waals surface area contributed by atoms with Crippen LogP contribution in [0.2, 0.25) is 0 Å². The zero-order valence-corrected chi connectivity index (χ0v) is 18.9. The molecule has 0 radical (unpaired) electrons. The first-order valence-electron chi connectivity index (χ1n) is 9.13. The summed E-state index contributed by atoms with van der Waals surface area (Å²) in [5.41, 5.74) is 1.72. The lowest BCUT2D eigenvalue weighted by Crippen LogP contribution is -2.14. The monoisotopic (exact) mass is 448 g/mol. The molecule has 1 saturated carbocycles. The maximum absolute atomic E-state index is 12.5. The van der Waals surface area contributed by atoms with Crippen LogP contribution in [0.3, 0.4) is 0 Å². The van der Waals surface area contributed by atoms with Gasteiger partial charge in [0, 0.05) is 16.2 Å². The number of esters is 1. The van der Waals surface area contributed by atoms with E-state index in [1.807, 2.05) is 0 Å². The smallest absolute Gasteiger partial charge is 0.350 e. The summed E-state index contributed by atoms with van der Waals surface area (Å²) in [4.78, 5) is 40.6. The van der Waals surface area contributed by atoms with Crippen molar-refractivity contribution < 1.29 is 14.3 Å². The van der Waals surface area contributed by atoms with Crippen LogP contribution in [0.15, 0.2) is 5.03 Å². The van der Waals surface area contributed by atoms with Crippen LogP contribution in [0.1, 0.15) is 50.4 Å². The van der Waals surface area contributed by atoms with E-state index < -0.39 is 5.97 Å². The number of hydrogen-bond acceptors (Lipinski definition) is 9. The largest absolute Gasteiger partial charge is 0.465 e. The third kappa shape index (κ3) is 4.15. The number of anilines is 1. The summed E-state index contributed by atoms with van der Waals surface area (Å²) < 4.78 is 4.73. The van der Waals surface area contributed by atoms with Crippen molar-refractivity contribution in [1.29, 1.82) is 0 Å². The van der Waals surface area contributed by atoms with Gasteiger partial charge in [0.25, 0.3) is 0 Å². The molecule has 1 aliphatic rings. The molecule has 1 N–H and O–H groups in total. The Morgan fingerprint density at radius 3 is 2.62 bits per heavy atom. The van der Waals surface area contributed by atoms with Gasteiger partial charge >= 0.3 is 5.97 Å². The zero-order chi connectivity index (χ0) is 20.7. The second kappa shape index (κ2) is 8.00. The lowest BCUT2D eigenvalue weighted by molar-refractivity contribution is -0.113. The van der Waals surface area contributed by atoms with E-state index in [1.54, 1.807) is 18.3 Å². The highest BCUT2D eigenvalue weighted by atomic mass is 32.2. The number of carbonyl (C=O) groups is 2. The number of ether oxygens (including phenoxy) is 1. The van der Waals surface area contributed by atoms with Gasteiger partial charge in [-0.05, 0) is 39.2 Å². The second-order valence-electron chi connectivity index (χ2n) is 6.89. The fourth-order valence-electron chi connectivity index (χ4n) is 2.88. The molecule has 0 saturated heterocycles. The summed E-state index contributed by atoms with van der Waals surface area (Å²) in [5.74, 6) is 0.903. The molecule has 3 heterocycles. The minimum atomic E-state index is -0.450. The van der Waals surface area contributed by atoms with Crippen molar-refractivity contribution in [3.05, 3.63) is 26.8 Å². The molecule has 1 amide bonds. The third-order valence-corrected chi connectivity index (χ3v) is 7.84. The van der Waals surface area contributed by atoms with E-state index in [0.29, 0.717) is 21.6 Å². The number of thiazole rings is 1. The van der Waals surface area contributed by atoms with E-state index >= 15 is 0 Å². The molecular formula is C19H20N4O3S3. The van der Waals surface area contributed by atoms with Crippen molar-refractivity contribution in [1.82, 2.24) is 15.0 Å². The maximum atomic E-state index is 12.5. The lowest BCUT2D eigenvalue weighted by atomic mass is 10.2. The number of methoxy groups -OCH3 is 1. The first-order valence-corrected chi connectivity index (χ1v) is 11.7. The zero-order valence-electron chi connectivity index (χ0n) is 16.5. The highest BCUT2D eigenvalue weighted by Crippen LogP contribution is 2.42. The lowest BCUT2D eigenvalue weighted by Gasteiger charge is -2.06. The average molecular weight is 449 g/mol. The van der Waals surface area contributed by atoms with Gasteiger partial charge in [0.2, 0.25) is 5.91 Å². The fourth-order valence-corrected chi connectivity index (χ4v) is 5.77. The Bertz CT molecular complexity index is 1120. The minimum Gasteiger partial charge on any atom is -0.465 e. The summed E-state index contributed by atoms with van der Waals surface area (Å²) >= 11 is 4.21. The van der Waals surface area contributed by atoms with E-state index in [2.05, 4.69) is 24.1 Å². The highest BCUT2D eigenvalue weighted by molar-refractivity contribution is 8.00. The molecule has 29 heavy (non-hydrogen) atoms. The predicted octanol–water partition coefficient (Wildman–Crippen LogP) is 4.47. The third-order valence-electron chi connectivity index (χ3n) is 4.71. The number of thioether (sulfide) groups is 1. The minimum absolute atomic E-state index is 0.190. The van der Waals surface area contributed by atoms with Crippen LogP contribution in [-0.4, -0.2) is 39.7 Å². The number of fused-ring (bicyclic) bond motifs is 1. The van der Waals surface area contributed by atoms with Crippen molar-refractivity contribution in [2.75, 3.05) is 18.2 Å². The SMILES string of the molecule is COC(=O)c1sc(NC(=O)CSc2nc(C3CC3)nc3sc(C)c(C)c23)nc1C. The number of aromatic nitrogens is 3. The van der Waals surface area contributed by atoms with Crippen LogP contribution in [0.25, 0.3) is 10.2 Å². The number of nitrogens with zero attached hydrogens (tertiary/aromatic N) is 3. The molecule has 0 aliphatic heterocycles. The van der Waals surface area contributed by atoms with Gasteiger partial charge in [-0.25, -0.2) is 19.7 Å². The predicted molar refractivity (Wildman–Crippen MR) is 116 cm³/mol. The van der Waals surface area contributed by atoms with Crippen molar-refractivity contribution in [2.45, 2.75) is 44.6 Å². The van der Waals surface area contributed by atoms with E-state index in [9.17, 15) is 9.59 Å². The molecule has 0 spiro atoms. The van der Waals surface area contributed by atoms with Crippen LogP contribution in [-0.2, 0) is 9.53 Å². The Kier molecular flexibility index (Phi) is 5.58. The van der Waals surface area contributed by atoms with Gasteiger partial charge in [0.05, 0.1) is 18.6 Å². The summed E-state index contributed by atoms with van der Waals surface area (Å²) in [6.07, 6.45) is 2.26. The molecule has 7 nitrogen and oxygen atoms in total. The van der Waals surface area contributed by atoms with Gasteiger partial charge in [0.1, 0.15) is 20.6 Å². The van der Waals surface area contributed by atoms with E-state index in [4.69, 9.17) is 14.7 Å². The molecule has 1 fully saturated rings. The molecule has 3 aromatic rings. The molecule has 0 bridgehead atoms. The molecule has 10 heteroatoms. The maximum Gasteiger partial charge on any atom is 0.350 e. The van der Waals surface area contributed by atoms with Crippen molar-refractivity contribution >= 4 is 61.7 Å². The van der Waals surface area contributed by atoms with Crippen LogP contribution in [0, 0.1) is 20.8 Å². The fraction of sp³-hybridized carbons (Fsp3) is 0.421. The quantitative estimate of drug-likeness (QED) is 0.338. The number of carbonyl (C=O) groups excluding carboxylic acids is 2. The Labute approximate surface area is 180 Å². The molecule has 0 aromatic carbocycles. The molecule has 1 aliphatic carbocycles. The summed E-state index contributed by atoms with van der Waals surface area (Å²) in [6.45, 7) is 5.88. The Morgan fingerprint density at radius 2 is 1.93 bits per heavy atom. The summed E-state index contributed by atoms with van der Waals surface area (Å²) in [7, 11) is 1.32. The second-order valence-corrected chi connectivity index (χ2v) is 10.1. The average Bonchev–Trinajstić information content (AvgIpc) is 3.42. The topological polar surface area (TPSA) is 94.1 Å². The number of nitrogens with one attached hydrogen (secondary N) is 1. The normalized spacial score (nSPS) is 13.7. The number of amides is 1. The van der Waals surface area contributed by atoms with Gasteiger partial charge < -0.3 is 10.1 Å². The number of aryl methyl sites for hydroxylation is 3. The van der Waals surface area contributed by atoms with Crippen molar-refractivity contribution in [2.24, 2.45) is 0 Å². The Hall–Kier alpha value is -2.04. The van der Waals surface area contributed by atoms with Gasteiger partial charge in [-0.1, -0.05) is 23.1 Å². The molecule has 152 valence electrons. The Morgan fingerprint density at radius 1 is 1.17 bits per heavy atom. The van der Waals surface area contributed by atoms with Crippen LogP contribution in [0.4, 0.5) is 5.13 Å². The van der Waals surface area contributed by atoms with Gasteiger partial charge in [-0.3, -0.25) is 4.79 Å². The number of rotatable bonds is 6. The number of thiophene rings is 1. The number of hydrogen-bond donors (Lipinski definition) is 1. The van der Waals surface area contributed by atoms with Crippen LogP contribution < -0.4 is 5.32 Å². The molecule has 4 rings (SSSR count). The first kappa shape index (κ1) is 20.2. The van der Waals surface area contributed by atoms with E-state index in [-0.39, 0.29) is 11.7 Å². The molecule has 3 aromatic heterocycles. The van der Waals surface area contributed by atoms with Gasteiger partial charge in [-0.2, -0.15) is 0 Å². The molecule has 0 unspecified atom stereocenters. The molecule has 0 atom stereocenters. The van der Waals surface area contributed by atoms with E-state index in [0.717, 1.165) is 45.2 Å². The van der Waals surface area contributed by atoms with Crippen molar-refractivity contribution in [3.8, 4) is 0 Å². The Balaban J connectivity index is 1.51. The highest BCUT2D eigenvalue weighted by Gasteiger charge is 2.28. The van der Waals surface area contributed by atoms with Crippen LogP contribution in [0.5, 0.6) is 0 Å². The van der Waals surface area contributed by atoms with Crippen LogP contribution >= 0.6 is 34.4 Å². The summed E-state index contributed by atoms with van der Waals surface area (Å²) in [5, 5.41) is 5.07. The first-order chi connectivity index (χ1) is 13.9. The summed E-state index contributed by atoms with van der Waals surface area (Å²) in [6, 6.07) is 0.